The molecule has 0 radical (unpaired) electrons. The number of para-hydroxylation sites is 2. The lowest BCUT2D eigenvalue weighted by Crippen LogP contribution is -2.07. The molecule has 2 aromatic heterocycles. The van der Waals surface area contributed by atoms with E-state index in [0.717, 1.165) is 56.1 Å². The SMILES string of the molecule is c1ccc(Oc2ccccc2-c2cnc3c(c2)c(-c2ccccc2)cn3OOSc2ccccc2)cc1. The van der Waals surface area contributed by atoms with Crippen molar-refractivity contribution in [1.82, 2.24) is 9.71 Å². The fourth-order valence-electron chi connectivity index (χ4n) is 4.10. The van der Waals surface area contributed by atoms with E-state index in [9.17, 15) is 0 Å². The lowest BCUT2D eigenvalue weighted by Gasteiger charge is -2.11. The molecule has 0 unspecified atom stereocenters. The Kier molecular flexibility index (Phi) is 6.58. The minimum atomic E-state index is 0.651. The monoisotopic (exact) mass is 502 g/mol. The molecule has 0 aliphatic rings. The minimum absolute atomic E-state index is 0.651. The van der Waals surface area contributed by atoms with Gasteiger partial charge in [0.05, 0.1) is 18.2 Å². The highest BCUT2D eigenvalue weighted by molar-refractivity contribution is 7.94. The van der Waals surface area contributed by atoms with Crippen molar-refractivity contribution >= 4 is 23.1 Å². The van der Waals surface area contributed by atoms with E-state index >= 15 is 0 Å². The molecule has 0 saturated carbocycles. The molecule has 0 saturated heterocycles. The molecule has 37 heavy (non-hydrogen) atoms. The van der Waals surface area contributed by atoms with Gasteiger partial charge in [-0.05, 0) is 42.0 Å². The van der Waals surface area contributed by atoms with E-state index in [-0.39, 0.29) is 0 Å². The summed E-state index contributed by atoms with van der Waals surface area (Å²) in [4.78, 5) is 11.4. The van der Waals surface area contributed by atoms with E-state index in [1.807, 2.05) is 116 Å². The van der Waals surface area contributed by atoms with Gasteiger partial charge in [0.25, 0.3) is 0 Å². The second-order valence-corrected chi connectivity index (χ2v) is 9.05. The Labute approximate surface area is 219 Å². The Balaban J connectivity index is 1.38. The van der Waals surface area contributed by atoms with Gasteiger partial charge in [0.1, 0.15) is 11.5 Å². The lowest BCUT2D eigenvalue weighted by molar-refractivity contribution is -0.188. The van der Waals surface area contributed by atoms with Gasteiger partial charge in [0.2, 0.25) is 0 Å². The Hall–Kier alpha value is -4.52. The van der Waals surface area contributed by atoms with Crippen LogP contribution in [0.15, 0.2) is 139 Å². The summed E-state index contributed by atoms with van der Waals surface area (Å²) >= 11 is 1.14. The highest BCUT2D eigenvalue weighted by Crippen LogP contribution is 2.37. The van der Waals surface area contributed by atoms with Gasteiger partial charge in [0, 0.05) is 33.2 Å². The number of ether oxygens (including phenoxy) is 1. The Bertz CT molecular complexity index is 1620. The highest BCUT2D eigenvalue weighted by atomic mass is 32.2. The van der Waals surface area contributed by atoms with Gasteiger partial charge >= 0.3 is 0 Å². The summed E-state index contributed by atoms with van der Waals surface area (Å²) in [6.45, 7) is 0. The summed E-state index contributed by atoms with van der Waals surface area (Å²) in [5, 5.41) is 0.937. The first-order valence-electron chi connectivity index (χ1n) is 11.8. The lowest BCUT2D eigenvalue weighted by atomic mass is 10.0. The van der Waals surface area contributed by atoms with Crippen LogP contribution in [0.5, 0.6) is 11.5 Å². The van der Waals surface area contributed by atoms with Gasteiger partial charge in [-0.2, -0.15) is 0 Å². The fraction of sp³-hybridized carbons (Fsp3) is 0. The van der Waals surface area contributed by atoms with E-state index in [1.165, 1.54) is 0 Å². The number of aromatic nitrogens is 2. The number of fused-ring (bicyclic) bond motifs is 1. The zero-order chi connectivity index (χ0) is 24.9. The molecule has 6 heteroatoms. The quantitative estimate of drug-likeness (QED) is 0.119. The van der Waals surface area contributed by atoms with Gasteiger partial charge < -0.3 is 4.74 Å². The van der Waals surface area contributed by atoms with Crippen LogP contribution in [0, 0.1) is 0 Å². The molecule has 0 N–H and O–H groups in total. The third kappa shape index (κ3) is 5.07. The molecule has 0 bridgehead atoms. The molecule has 2 heterocycles. The van der Waals surface area contributed by atoms with Crippen LogP contribution in [-0.2, 0) is 4.33 Å². The molecule has 0 fully saturated rings. The molecule has 6 aromatic rings. The molecule has 0 aliphatic carbocycles. The molecule has 0 amide bonds. The van der Waals surface area contributed by atoms with E-state index in [2.05, 4.69) is 18.2 Å². The van der Waals surface area contributed by atoms with Crippen molar-refractivity contribution in [3.63, 3.8) is 0 Å². The van der Waals surface area contributed by atoms with Crippen LogP contribution in [0.4, 0.5) is 0 Å². The van der Waals surface area contributed by atoms with Crippen molar-refractivity contribution in [2.45, 2.75) is 4.90 Å². The topological polar surface area (TPSA) is 45.5 Å². The number of hydrogen-bond acceptors (Lipinski definition) is 5. The zero-order valence-corrected chi connectivity index (χ0v) is 20.5. The maximum Gasteiger partial charge on any atom is 0.179 e. The third-order valence-corrected chi connectivity index (χ3v) is 6.44. The van der Waals surface area contributed by atoms with Crippen LogP contribution in [0.25, 0.3) is 33.3 Å². The van der Waals surface area contributed by atoms with Gasteiger partial charge in [-0.15, -0.1) is 4.73 Å². The normalized spacial score (nSPS) is 10.9. The second kappa shape index (κ2) is 10.6. The van der Waals surface area contributed by atoms with Crippen molar-refractivity contribution in [1.29, 1.82) is 0 Å². The van der Waals surface area contributed by atoms with Crippen LogP contribution >= 0.6 is 12.0 Å². The molecule has 0 aliphatic heterocycles. The first-order chi connectivity index (χ1) is 18.3. The number of nitrogens with zero attached hydrogens (tertiary/aromatic N) is 2. The Morgan fingerprint density at radius 2 is 1.32 bits per heavy atom. The van der Waals surface area contributed by atoms with Gasteiger partial charge in [-0.25, -0.2) is 9.97 Å². The maximum absolute atomic E-state index is 6.21. The van der Waals surface area contributed by atoms with Crippen LogP contribution < -0.4 is 9.73 Å². The van der Waals surface area contributed by atoms with Crippen molar-refractivity contribution in [3.8, 4) is 33.8 Å². The van der Waals surface area contributed by atoms with Crippen molar-refractivity contribution < 1.29 is 14.1 Å². The van der Waals surface area contributed by atoms with Crippen LogP contribution in [0.2, 0.25) is 0 Å². The van der Waals surface area contributed by atoms with Gasteiger partial charge in [-0.3, -0.25) is 0 Å². The minimum Gasteiger partial charge on any atom is -0.457 e. The number of pyridine rings is 1. The summed E-state index contributed by atoms with van der Waals surface area (Å²) in [7, 11) is 0. The zero-order valence-electron chi connectivity index (χ0n) is 19.7. The largest absolute Gasteiger partial charge is 0.457 e. The standard InChI is InChI=1S/C31H22N2O3S/c1-4-12-23(13-5-1)29-22-33(35-36-37-26-16-8-3-9-17-26)31-28(29)20-24(21-32-31)27-18-10-11-19-30(27)34-25-14-6-2-7-15-25/h1-22H. The molecule has 5 nitrogen and oxygen atoms in total. The first kappa shape index (κ1) is 22.9. The van der Waals surface area contributed by atoms with Crippen LogP contribution in [0.1, 0.15) is 0 Å². The third-order valence-electron chi connectivity index (χ3n) is 5.85. The summed E-state index contributed by atoms with van der Waals surface area (Å²) in [6, 6.07) is 39.8. The van der Waals surface area contributed by atoms with E-state index in [0.29, 0.717) is 5.65 Å². The van der Waals surface area contributed by atoms with E-state index in [1.54, 1.807) is 4.73 Å². The predicted octanol–water partition coefficient (Wildman–Crippen LogP) is 8.23. The molecular formula is C31H22N2O3S. The maximum atomic E-state index is 6.21. The summed E-state index contributed by atoms with van der Waals surface area (Å²) in [5.41, 5.74) is 4.58. The van der Waals surface area contributed by atoms with Crippen molar-refractivity contribution in [2.24, 2.45) is 0 Å². The van der Waals surface area contributed by atoms with E-state index in [4.69, 9.17) is 19.0 Å². The first-order valence-corrected chi connectivity index (χ1v) is 12.5. The highest BCUT2D eigenvalue weighted by Gasteiger charge is 2.16. The van der Waals surface area contributed by atoms with Crippen LogP contribution in [0.3, 0.4) is 0 Å². The van der Waals surface area contributed by atoms with Crippen LogP contribution in [-0.4, -0.2) is 9.71 Å². The molecular weight excluding hydrogens is 480 g/mol. The van der Waals surface area contributed by atoms with Crippen molar-refractivity contribution in [3.05, 3.63) is 134 Å². The summed E-state index contributed by atoms with van der Waals surface area (Å²) in [5.74, 6) is 1.54. The molecule has 0 atom stereocenters. The Morgan fingerprint density at radius 3 is 2.11 bits per heavy atom. The predicted molar refractivity (Wildman–Crippen MR) is 147 cm³/mol. The summed E-state index contributed by atoms with van der Waals surface area (Å²) in [6.07, 6.45) is 3.73. The number of benzene rings is 4. The molecule has 4 aromatic carbocycles. The van der Waals surface area contributed by atoms with Gasteiger partial charge in [-0.1, -0.05) is 89.3 Å². The molecule has 180 valence electrons. The molecule has 6 rings (SSSR count). The van der Waals surface area contributed by atoms with Crippen molar-refractivity contribution in [2.75, 3.05) is 0 Å². The summed E-state index contributed by atoms with van der Waals surface area (Å²) < 4.78 is 13.3. The number of hydrogen-bond donors (Lipinski definition) is 0. The second-order valence-electron chi connectivity index (χ2n) is 8.28. The smallest absolute Gasteiger partial charge is 0.179 e. The Morgan fingerprint density at radius 1 is 0.649 bits per heavy atom. The molecule has 0 spiro atoms. The fourth-order valence-corrected chi connectivity index (χ4v) is 4.55. The van der Waals surface area contributed by atoms with E-state index < -0.39 is 0 Å². The number of rotatable bonds is 8. The average Bonchev–Trinajstić information content (AvgIpc) is 3.33. The van der Waals surface area contributed by atoms with Gasteiger partial charge in [0.15, 0.2) is 5.65 Å². The average molecular weight is 503 g/mol.